The molecule has 1 radical (unpaired) electrons. The molecule has 0 amide bonds. The van der Waals surface area contributed by atoms with Crippen molar-refractivity contribution >= 4 is 0 Å². The molecular formula is C7H9O. The summed E-state index contributed by atoms with van der Waals surface area (Å²) in [6, 6.07) is 0. The number of allylic oxidation sites excluding steroid dienone is 2. The minimum Gasteiger partial charge on any atom is -0.295 e. The first kappa shape index (κ1) is 4.42. The summed E-state index contributed by atoms with van der Waals surface area (Å²) in [6.45, 7) is 0. The predicted molar refractivity (Wildman–Crippen MR) is 29.7 cm³/mol. The predicted octanol–water partition coefficient (Wildman–Crippen LogP) is 1.87. The van der Waals surface area contributed by atoms with Gasteiger partial charge in [0.1, 0.15) is 0 Å². The molecule has 0 aliphatic heterocycles. The second kappa shape index (κ2) is 1.28. The van der Waals surface area contributed by atoms with Gasteiger partial charge in [-0.25, -0.2) is 0 Å². The Hall–Kier alpha value is -0.460. The van der Waals surface area contributed by atoms with Gasteiger partial charge in [0.2, 0.25) is 0 Å². The van der Waals surface area contributed by atoms with E-state index in [4.69, 9.17) is 0 Å². The van der Waals surface area contributed by atoms with Crippen LogP contribution < -0.4 is 0 Å². The van der Waals surface area contributed by atoms with Crippen molar-refractivity contribution < 1.29 is 5.11 Å². The molecule has 0 N–H and O–H groups in total. The van der Waals surface area contributed by atoms with Crippen LogP contribution in [0.5, 0.6) is 0 Å². The summed E-state index contributed by atoms with van der Waals surface area (Å²) in [6.07, 6.45) is 4.42. The maximum Gasteiger partial charge on any atom is 0.155 e. The summed E-state index contributed by atoms with van der Waals surface area (Å²) in [5.41, 5.74) is 1.23. The molecule has 2 aliphatic carbocycles. The van der Waals surface area contributed by atoms with Crippen LogP contribution in [0.15, 0.2) is 11.3 Å². The molecule has 1 saturated carbocycles. The molecule has 0 heterocycles. The van der Waals surface area contributed by atoms with Crippen LogP contribution in [0.4, 0.5) is 0 Å². The van der Waals surface area contributed by atoms with Gasteiger partial charge in [0, 0.05) is 6.42 Å². The molecule has 2 rings (SSSR count). The number of hydrogen-bond donors (Lipinski definition) is 0. The van der Waals surface area contributed by atoms with Gasteiger partial charge in [-0.2, -0.15) is 0 Å². The highest BCUT2D eigenvalue weighted by atomic mass is 16.3. The normalized spacial score (nSPS) is 34.8. The first-order valence-electron chi connectivity index (χ1n) is 3.24. The zero-order valence-electron chi connectivity index (χ0n) is 4.81. The van der Waals surface area contributed by atoms with Crippen LogP contribution in [0.25, 0.3) is 0 Å². The average Bonchev–Trinajstić information content (AvgIpc) is 2.23. The van der Waals surface area contributed by atoms with Gasteiger partial charge < -0.3 is 0 Å². The molecule has 0 aromatic heterocycles. The van der Waals surface area contributed by atoms with E-state index >= 15 is 0 Å². The minimum absolute atomic E-state index is 0.459. The third-order valence-electron chi connectivity index (χ3n) is 2.26. The van der Waals surface area contributed by atoms with Crippen molar-refractivity contribution in [3.05, 3.63) is 11.3 Å². The lowest BCUT2D eigenvalue weighted by Crippen LogP contribution is -1.91. The first-order chi connectivity index (χ1) is 3.86. The highest BCUT2D eigenvalue weighted by Gasteiger charge is 2.30. The molecule has 1 unspecified atom stereocenters. The van der Waals surface area contributed by atoms with Gasteiger partial charge in [-0.05, 0) is 30.8 Å². The van der Waals surface area contributed by atoms with Crippen molar-refractivity contribution in [2.24, 2.45) is 5.92 Å². The number of fused-ring (bicyclic) bond motifs is 2. The fraction of sp³-hybridized carbons (Fsp3) is 0.714. The van der Waals surface area contributed by atoms with Crippen LogP contribution >= 0.6 is 0 Å². The summed E-state index contributed by atoms with van der Waals surface area (Å²) in [7, 11) is 0. The molecule has 8 heavy (non-hydrogen) atoms. The second-order valence-electron chi connectivity index (χ2n) is 2.84. The van der Waals surface area contributed by atoms with Crippen molar-refractivity contribution in [2.75, 3.05) is 0 Å². The molecule has 0 spiro atoms. The fourth-order valence-corrected chi connectivity index (χ4v) is 1.76. The molecule has 43 valence electrons. The monoisotopic (exact) mass is 109 g/mol. The van der Waals surface area contributed by atoms with E-state index in [2.05, 4.69) is 0 Å². The second-order valence-corrected chi connectivity index (χ2v) is 2.84. The highest BCUT2D eigenvalue weighted by Crippen LogP contribution is 2.42. The Morgan fingerprint density at radius 1 is 1.38 bits per heavy atom. The van der Waals surface area contributed by atoms with Crippen molar-refractivity contribution in [3.63, 3.8) is 0 Å². The topological polar surface area (TPSA) is 19.9 Å². The Bertz CT molecular complexity index is 144. The summed E-state index contributed by atoms with van der Waals surface area (Å²) < 4.78 is 0. The van der Waals surface area contributed by atoms with Crippen LogP contribution in [0.1, 0.15) is 25.7 Å². The van der Waals surface area contributed by atoms with Crippen LogP contribution in [0.3, 0.4) is 0 Å². The third kappa shape index (κ3) is 0.417. The maximum absolute atomic E-state index is 10.8. The first-order valence-corrected chi connectivity index (χ1v) is 3.24. The Balaban J connectivity index is 2.33. The molecule has 1 fully saturated rings. The van der Waals surface area contributed by atoms with E-state index in [9.17, 15) is 5.11 Å². The van der Waals surface area contributed by atoms with E-state index in [0.717, 1.165) is 25.2 Å². The molecule has 2 aliphatic rings. The SMILES string of the molecule is [O]C1=C2CCC(C1)C2. The zero-order valence-corrected chi connectivity index (χ0v) is 4.81. The van der Waals surface area contributed by atoms with E-state index in [-0.39, 0.29) is 0 Å². The van der Waals surface area contributed by atoms with Crippen molar-refractivity contribution in [3.8, 4) is 0 Å². The largest absolute Gasteiger partial charge is 0.295 e. The lowest BCUT2D eigenvalue weighted by molar-refractivity contribution is 0.265. The Labute approximate surface area is 49.0 Å². The molecule has 1 heteroatoms. The van der Waals surface area contributed by atoms with E-state index in [1.165, 1.54) is 12.0 Å². The summed E-state index contributed by atoms with van der Waals surface area (Å²) in [4.78, 5) is 0. The van der Waals surface area contributed by atoms with E-state index in [1.54, 1.807) is 0 Å². The third-order valence-corrected chi connectivity index (χ3v) is 2.26. The molecule has 0 saturated heterocycles. The fourth-order valence-electron chi connectivity index (χ4n) is 1.76. The summed E-state index contributed by atoms with van der Waals surface area (Å²) >= 11 is 0. The Kier molecular flexibility index (Phi) is 0.706. The summed E-state index contributed by atoms with van der Waals surface area (Å²) in [5.74, 6) is 1.22. The van der Waals surface area contributed by atoms with Gasteiger partial charge in [0.15, 0.2) is 5.76 Å². The quantitative estimate of drug-likeness (QED) is 0.452. The van der Waals surface area contributed by atoms with Crippen LogP contribution in [-0.4, -0.2) is 0 Å². The van der Waals surface area contributed by atoms with E-state index < -0.39 is 0 Å². The van der Waals surface area contributed by atoms with Gasteiger partial charge in [-0.3, -0.25) is 5.11 Å². The number of hydrogen-bond acceptors (Lipinski definition) is 0. The van der Waals surface area contributed by atoms with Gasteiger partial charge in [0.25, 0.3) is 0 Å². The van der Waals surface area contributed by atoms with Gasteiger partial charge in [-0.1, -0.05) is 0 Å². The Morgan fingerprint density at radius 3 is 2.50 bits per heavy atom. The maximum atomic E-state index is 10.8. The lowest BCUT2D eigenvalue weighted by atomic mass is 10.1. The van der Waals surface area contributed by atoms with E-state index in [0.29, 0.717) is 5.76 Å². The molecule has 0 aromatic carbocycles. The molecule has 1 atom stereocenters. The molecule has 2 bridgehead atoms. The smallest absolute Gasteiger partial charge is 0.155 e. The lowest BCUT2D eigenvalue weighted by Gasteiger charge is -2.01. The van der Waals surface area contributed by atoms with Gasteiger partial charge in [-0.15, -0.1) is 0 Å². The summed E-state index contributed by atoms with van der Waals surface area (Å²) in [5, 5.41) is 10.8. The van der Waals surface area contributed by atoms with Crippen LogP contribution in [-0.2, 0) is 5.11 Å². The van der Waals surface area contributed by atoms with Gasteiger partial charge in [0.05, 0.1) is 0 Å². The van der Waals surface area contributed by atoms with Gasteiger partial charge >= 0.3 is 0 Å². The average molecular weight is 109 g/mol. The zero-order chi connectivity index (χ0) is 5.56. The standard InChI is InChI=1S/C7H9O/c8-7-4-5-1-2-6(7)3-5/h5H,1-4H2. The van der Waals surface area contributed by atoms with Crippen LogP contribution in [0, 0.1) is 5.92 Å². The minimum atomic E-state index is 0.459. The molecule has 0 aromatic rings. The van der Waals surface area contributed by atoms with Crippen molar-refractivity contribution in [1.82, 2.24) is 0 Å². The van der Waals surface area contributed by atoms with Crippen LogP contribution in [0.2, 0.25) is 0 Å². The van der Waals surface area contributed by atoms with E-state index in [1.807, 2.05) is 0 Å². The molecule has 1 nitrogen and oxygen atoms in total. The van der Waals surface area contributed by atoms with Crippen molar-refractivity contribution in [2.45, 2.75) is 25.7 Å². The highest BCUT2D eigenvalue weighted by molar-refractivity contribution is 5.19. The molecular weight excluding hydrogens is 100 g/mol. The Morgan fingerprint density at radius 2 is 2.25 bits per heavy atom. The number of rotatable bonds is 0. The van der Waals surface area contributed by atoms with Crippen molar-refractivity contribution in [1.29, 1.82) is 0 Å².